The first-order valence-corrected chi connectivity index (χ1v) is 9.05. The summed E-state index contributed by atoms with van der Waals surface area (Å²) in [5.41, 5.74) is 7.24. The minimum atomic E-state index is -0.0940. The first-order valence-electron chi connectivity index (χ1n) is 9.05. The topological polar surface area (TPSA) is 68.7 Å². The second kappa shape index (κ2) is 11.2. The van der Waals surface area contributed by atoms with Crippen LogP contribution in [0.1, 0.15) is 28.1 Å². The Labute approximate surface area is 171 Å². The van der Waals surface area contributed by atoms with Crippen molar-refractivity contribution in [3.63, 3.8) is 0 Å². The number of halogens is 1. The van der Waals surface area contributed by atoms with Crippen LogP contribution >= 0.6 is 12.4 Å². The highest BCUT2D eigenvalue weighted by Gasteiger charge is 2.20. The number of ether oxygens (including phenoxy) is 1. The lowest BCUT2D eigenvalue weighted by atomic mass is 10.1. The SMILES string of the molecule is Cl.NCCCN(Cc1ccco1)C(=O)c1ccccc1OCc1ccccc1. The van der Waals surface area contributed by atoms with Crippen LogP contribution in [0, 0.1) is 0 Å². The van der Waals surface area contributed by atoms with Gasteiger partial charge in [0.05, 0.1) is 18.4 Å². The van der Waals surface area contributed by atoms with Gasteiger partial charge in [0.15, 0.2) is 0 Å². The van der Waals surface area contributed by atoms with Gasteiger partial charge in [-0.15, -0.1) is 12.4 Å². The fraction of sp³-hybridized carbons (Fsp3) is 0.227. The summed E-state index contributed by atoms with van der Waals surface area (Å²) in [6.45, 7) is 1.89. The summed E-state index contributed by atoms with van der Waals surface area (Å²) in [5, 5.41) is 0. The Bertz CT molecular complexity index is 838. The number of nitrogens with zero attached hydrogens (tertiary/aromatic N) is 1. The van der Waals surface area contributed by atoms with Gasteiger partial charge < -0.3 is 19.8 Å². The van der Waals surface area contributed by atoms with Gasteiger partial charge in [-0.2, -0.15) is 0 Å². The zero-order valence-electron chi connectivity index (χ0n) is 15.6. The van der Waals surface area contributed by atoms with Gasteiger partial charge in [0.25, 0.3) is 5.91 Å². The smallest absolute Gasteiger partial charge is 0.258 e. The molecular weight excluding hydrogens is 376 g/mol. The molecule has 0 radical (unpaired) electrons. The molecule has 2 aromatic carbocycles. The second-order valence-corrected chi connectivity index (χ2v) is 6.22. The van der Waals surface area contributed by atoms with Crippen molar-refractivity contribution in [2.75, 3.05) is 13.1 Å². The molecule has 0 aliphatic carbocycles. The van der Waals surface area contributed by atoms with Crippen LogP contribution in [0.2, 0.25) is 0 Å². The van der Waals surface area contributed by atoms with Crippen LogP contribution in [0.25, 0.3) is 0 Å². The molecule has 0 fully saturated rings. The first kappa shape index (κ1) is 21.5. The largest absolute Gasteiger partial charge is 0.488 e. The molecule has 0 bridgehead atoms. The molecule has 0 saturated carbocycles. The summed E-state index contributed by atoms with van der Waals surface area (Å²) in [6.07, 6.45) is 2.33. The molecule has 1 aromatic heterocycles. The van der Waals surface area contributed by atoms with E-state index in [-0.39, 0.29) is 18.3 Å². The third-order valence-corrected chi connectivity index (χ3v) is 4.20. The van der Waals surface area contributed by atoms with E-state index in [2.05, 4.69) is 0 Å². The summed E-state index contributed by atoms with van der Waals surface area (Å²) in [7, 11) is 0. The molecule has 0 aliphatic heterocycles. The number of nitrogens with two attached hydrogens (primary N) is 1. The van der Waals surface area contributed by atoms with Crippen molar-refractivity contribution in [2.45, 2.75) is 19.6 Å². The summed E-state index contributed by atoms with van der Waals surface area (Å²) in [6, 6.07) is 20.9. The van der Waals surface area contributed by atoms with E-state index in [0.29, 0.717) is 37.6 Å². The van der Waals surface area contributed by atoms with E-state index in [9.17, 15) is 4.79 Å². The maximum Gasteiger partial charge on any atom is 0.258 e. The fourth-order valence-corrected chi connectivity index (χ4v) is 2.80. The molecule has 0 aliphatic rings. The molecule has 6 heteroatoms. The Balaban J connectivity index is 0.00000280. The Morgan fingerprint density at radius 1 is 1.00 bits per heavy atom. The summed E-state index contributed by atoms with van der Waals surface area (Å²) >= 11 is 0. The van der Waals surface area contributed by atoms with Crippen molar-refractivity contribution in [1.29, 1.82) is 0 Å². The molecule has 2 N–H and O–H groups in total. The number of hydrogen-bond acceptors (Lipinski definition) is 4. The minimum absolute atomic E-state index is 0. The second-order valence-electron chi connectivity index (χ2n) is 6.22. The lowest BCUT2D eigenvalue weighted by Crippen LogP contribution is -2.32. The van der Waals surface area contributed by atoms with Gasteiger partial charge in [-0.05, 0) is 42.8 Å². The predicted molar refractivity (Wildman–Crippen MR) is 112 cm³/mol. The zero-order valence-corrected chi connectivity index (χ0v) is 16.4. The van der Waals surface area contributed by atoms with Crippen molar-refractivity contribution in [3.05, 3.63) is 89.9 Å². The molecule has 3 rings (SSSR count). The summed E-state index contributed by atoms with van der Waals surface area (Å²) in [4.78, 5) is 14.9. The molecule has 28 heavy (non-hydrogen) atoms. The third kappa shape index (κ3) is 5.87. The predicted octanol–water partition coefficient (Wildman–Crippen LogP) is 4.27. The van der Waals surface area contributed by atoms with Gasteiger partial charge in [-0.3, -0.25) is 4.79 Å². The maximum absolute atomic E-state index is 13.2. The van der Waals surface area contributed by atoms with E-state index in [0.717, 1.165) is 17.7 Å². The van der Waals surface area contributed by atoms with Crippen molar-refractivity contribution < 1.29 is 13.9 Å². The summed E-state index contributed by atoms with van der Waals surface area (Å²) < 4.78 is 11.3. The van der Waals surface area contributed by atoms with Gasteiger partial charge >= 0.3 is 0 Å². The van der Waals surface area contributed by atoms with Crippen molar-refractivity contribution in [1.82, 2.24) is 4.90 Å². The molecule has 1 heterocycles. The first-order chi connectivity index (χ1) is 13.3. The van der Waals surface area contributed by atoms with Crippen molar-refractivity contribution >= 4 is 18.3 Å². The normalized spacial score (nSPS) is 10.2. The molecule has 0 saturated heterocycles. The lowest BCUT2D eigenvalue weighted by molar-refractivity contribution is 0.0725. The lowest BCUT2D eigenvalue weighted by Gasteiger charge is -2.23. The van der Waals surface area contributed by atoms with Crippen molar-refractivity contribution in [3.8, 4) is 5.75 Å². The van der Waals surface area contributed by atoms with E-state index in [1.165, 1.54) is 0 Å². The molecule has 0 spiro atoms. The fourth-order valence-electron chi connectivity index (χ4n) is 2.80. The Morgan fingerprint density at radius 2 is 1.75 bits per heavy atom. The van der Waals surface area contributed by atoms with Gasteiger partial charge in [0.2, 0.25) is 0 Å². The van der Waals surface area contributed by atoms with E-state index >= 15 is 0 Å². The molecule has 0 atom stereocenters. The Morgan fingerprint density at radius 3 is 2.46 bits per heavy atom. The highest BCUT2D eigenvalue weighted by Crippen LogP contribution is 2.22. The third-order valence-electron chi connectivity index (χ3n) is 4.20. The van der Waals surface area contributed by atoms with Crippen LogP contribution in [0.5, 0.6) is 5.75 Å². The molecular formula is C22H25ClN2O3. The summed E-state index contributed by atoms with van der Waals surface area (Å²) in [5.74, 6) is 1.22. The Kier molecular flexibility index (Phi) is 8.59. The molecule has 148 valence electrons. The van der Waals surface area contributed by atoms with E-state index < -0.39 is 0 Å². The van der Waals surface area contributed by atoms with Crippen LogP contribution < -0.4 is 10.5 Å². The van der Waals surface area contributed by atoms with Crippen LogP contribution in [-0.4, -0.2) is 23.9 Å². The molecule has 1 amide bonds. The number of rotatable bonds is 9. The Hall–Kier alpha value is -2.76. The van der Waals surface area contributed by atoms with Crippen LogP contribution in [-0.2, 0) is 13.2 Å². The molecule has 5 nitrogen and oxygen atoms in total. The van der Waals surface area contributed by atoms with Crippen molar-refractivity contribution in [2.24, 2.45) is 5.73 Å². The van der Waals surface area contributed by atoms with Gasteiger partial charge in [0.1, 0.15) is 18.1 Å². The number of amides is 1. The van der Waals surface area contributed by atoms with Gasteiger partial charge in [0, 0.05) is 6.54 Å². The van der Waals surface area contributed by atoms with Crippen LogP contribution in [0.15, 0.2) is 77.4 Å². The van der Waals surface area contributed by atoms with E-state index in [1.807, 2.05) is 60.7 Å². The number of hydrogen-bond donors (Lipinski definition) is 1. The van der Waals surface area contributed by atoms with Gasteiger partial charge in [-0.25, -0.2) is 0 Å². The van der Waals surface area contributed by atoms with Crippen LogP contribution in [0.3, 0.4) is 0 Å². The maximum atomic E-state index is 13.2. The average molecular weight is 401 g/mol. The highest BCUT2D eigenvalue weighted by atomic mass is 35.5. The minimum Gasteiger partial charge on any atom is -0.488 e. The average Bonchev–Trinajstić information content (AvgIpc) is 3.23. The van der Waals surface area contributed by atoms with Crippen LogP contribution in [0.4, 0.5) is 0 Å². The van der Waals surface area contributed by atoms with E-state index in [1.54, 1.807) is 17.2 Å². The highest BCUT2D eigenvalue weighted by molar-refractivity contribution is 5.96. The zero-order chi connectivity index (χ0) is 18.9. The van der Waals surface area contributed by atoms with Gasteiger partial charge in [-0.1, -0.05) is 42.5 Å². The monoisotopic (exact) mass is 400 g/mol. The molecule has 0 unspecified atom stereocenters. The molecule has 3 aromatic rings. The quantitative estimate of drug-likeness (QED) is 0.582. The number of furan rings is 1. The van der Waals surface area contributed by atoms with E-state index in [4.69, 9.17) is 14.9 Å². The number of benzene rings is 2. The standard InChI is InChI=1S/C22H24N2O3.ClH/c23-13-7-14-24(16-19-10-6-15-26-19)22(25)20-11-4-5-12-21(20)27-17-18-8-2-1-3-9-18;/h1-6,8-12,15H,7,13-14,16-17,23H2;1H. The number of carbonyl (C=O) groups is 1. The number of para-hydroxylation sites is 1. The number of carbonyl (C=O) groups excluding carboxylic acids is 1.